The number of benzene rings is 3. The van der Waals surface area contributed by atoms with Crippen molar-refractivity contribution in [3.8, 4) is 0 Å². The van der Waals surface area contributed by atoms with Gasteiger partial charge in [0.05, 0.1) is 24.3 Å². The van der Waals surface area contributed by atoms with Crippen LogP contribution in [0.5, 0.6) is 0 Å². The standard InChI is InChI=1S/C32H33NO7S/c1-3-41-32-27(33-30(35)24-16-10-11-17-25(24)31(33)36)29(39-19-23-14-8-5-9-15-23)28(26(40-32)20-37-21(2)34)38-18-22-12-6-4-7-13-22/h4-17,26-29,32H,3,18-20H2,1-2H3/t26-,27-,28-,29-,32+/m1/s1. The Balaban J connectivity index is 1.54. The molecule has 0 unspecified atom stereocenters. The molecule has 214 valence electrons. The summed E-state index contributed by atoms with van der Waals surface area (Å²) in [5, 5.41) is 0. The number of carbonyl (C=O) groups excluding carboxylic acids is 3. The number of hydrogen-bond donors (Lipinski definition) is 0. The van der Waals surface area contributed by atoms with E-state index in [1.807, 2.05) is 67.6 Å². The van der Waals surface area contributed by atoms with Crippen molar-refractivity contribution in [2.75, 3.05) is 12.4 Å². The maximum atomic E-state index is 13.7. The zero-order valence-corrected chi connectivity index (χ0v) is 23.8. The molecule has 2 amide bonds. The Morgan fingerprint density at radius 2 is 1.32 bits per heavy atom. The first-order valence-electron chi connectivity index (χ1n) is 13.7. The Hall–Kier alpha value is -3.50. The van der Waals surface area contributed by atoms with E-state index in [0.717, 1.165) is 11.1 Å². The number of thioether (sulfide) groups is 1. The number of hydrogen-bond acceptors (Lipinski definition) is 8. The van der Waals surface area contributed by atoms with Crippen molar-refractivity contribution in [2.24, 2.45) is 0 Å². The normalized spacial score (nSPS) is 23.9. The molecule has 9 heteroatoms. The second kappa shape index (κ2) is 13.4. The lowest BCUT2D eigenvalue weighted by molar-refractivity contribution is -0.222. The number of esters is 1. The molecule has 41 heavy (non-hydrogen) atoms. The molecular formula is C32H33NO7S. The average Bonchev–Trinajstić information content (AvgIpc) is 3.24. The molecule has 0 aromatic heterocycles. The topological polar surface area (TPSA) is 91.4 Å². The Morgan fingerprint density at radius 1 is 0.805 bits per heavy atom. The zero-order valence-electron chi connectivity index (χ0n) is 23.0. The molecule has 2 aliphatic rings. The molecule has 1 fully saturated rings. The van der Waals surface area contributed by atoms with Crippen molar-refractivity contribution in [3.63, 3.8) is 0 Å². The molecule has 0 N–H and O–H groups in total. The lowest BCUT2D eigenvalue weighted by atomic mass is 9.95. The van der Waals surface area contributed by atoms with Gasteiger partial charge in [-0.2, -0.15) is 0 Å². The van der Waals surface area contributed by atoms with Gasteiger partial charge < -0.3 is 18.9 Å². The smallest absolute Gasteiger partial charge is 0.302 e. The first kappa shape index (κ1) is 29.0. The van der Waals surface area contributed by atoms with Crippen LogP contribution in [0.25, 0.3) is 0 Å². The minimum atomic E-state index is -0.801. The number of amides is 2. The molecule has 5 rings (SSSR count). The zero-order chi connectivity index (χ0) is 28.8. The maximum absolute atomic E-state index is 13.7. The third kappa shape index (κ3) is 6.54. The monoisotopic (exact) mass is 575 g/mol. The fraction of sp³-hybridized carbons (Fsp3) is 0.344. The number of fused-ring (bicyclic) bond motifs is 1. The number of imide groups is 1. The van der Waals surface area contributed by atoms with Gasteiger partial charge in [0.25, 0.3) is 11.8 Å². The first-order chi connectivity index (χ1) is 20.0. The summed E-state index contributed by atoms with van der Waals surface area (Å²) in [6.45, 7) is 3.71. The fourth-order valence-corrected chi connectivity index (χ4v) is 6.23. The summed E-state index contributed by atoms with van der Waals surface area (Å²) < 4.78 is 25.0. The Bertz CT molecular complexity index is 1320. The van der Waals surface area contributed by atoms with E-state index in [-0.39, 0.29) is 19.8 Å². The predicted octanol–water partition coefficient (Wildman–Crippen LogP) is 4.86. The number of rotatable bonds is 11. The molecule has 3 aromatic rings. The molecule has 1 saturated heterocycles. The maximum Gasteiger partial charge on any atom is 0.302 e. The minimum absolute atomic E-state index is 0.0599. The van der Waals surface area contributed by atoms with E-state index in [4.69, 9.17) is 18.9 Å². The third-order valence-electron chi connectivity index (χ3n) is 7.09. The Morgan fingerprint density at radius 3 is 1.83 bits per heavy atom. The predicted molar refractivity (Wildman–Crippen MR) is 154 cm³/mol. The highest BCUT2D eigenvalue weighted by Gasteiger charge is 2.55. The van der Waals surface area contributed by atoms with Crippen LogP contribution in [0.15, 0.2) is 84.9 Å². The van der Waals surface area contributed by atoms with Gasteiger partial charge in [-0.1, -0.05) is 79.7 Å². The van der Waals surface area contributed by atoms with Gasteiger partial charge in [0.15, 0.2) is 0 Å². The van der Waals surface area contributed by atoms with Gasteiger partial charge in [0.1, 0.15) is 36.4 Å². The quantitative estimate of drug-likeness (QED) is 0.237. The van der Waals surface area contributed by atoms with Crippen molar-refractivity contribution in [1.29, 1.82) is 0 Å². The second-order valence-corrected chi connectivity index (χ2v) is 11.2. The van der Waals surface area contributed by atoms with E-state index >= 15 is 0 Å². The van der Waals surface area contributed by atoms with Gasteiger partial charge in [-0.15, -0.1) is 11.8 Å². The summed E-state index contributed by atoms with van der Waals surface area (Å²) in [7, 11) is 0. The van der Waals surface area contributed by atoms with E-state index in [2.05, 4.69) is 0 Å². The van der Waals surface area contributed by atoms with Gasteiger partial charge in [-0.05, 0) is 29.0 Å². The van der Waals surface area contributed by atoms with Crippen molar-refractivity contribution in [3.05, 3.63) is 107 Å². The summed E-state index contributed by atoms with van der Waals surface area (Å²) in [5.41, 5.74) is 1.92. The van der Waals surface area contributed by atoms with Crippen LogP contribution in [0.4, 0.5) is 0 Å². The number of nitrogens with zero attached hydrogens (tertiary/aromatic N) is 1. The summed E-state index contributed by atoms with van der Waals surface area (Å²) >= 11 is 1.47. The van der Waals surface area contributed by atoms with E-state index in [0.29, 0.717) is 16.9 Å². The fourth-order valence-electron chi connectivity index (χ4n) is 5.20. The molecular weight excluding hydrogens is 542 g/mol. The number of carbonyl (C=O) groups is 3. The molecule has 0 radical (unpaired) electrons. The van der Waals surface area contributed by atoms with E-state index in [9.17, 15) is 14.4 Å². The van der Waals surface area contributed by atoms with Crippen LogP contribution >= 0.6 is 11.8 Å². The highest BCUT2D eigenvalue weighted by atomic mass is 32.2. The lowest BCUT2D eigenvalue weighted by Gasteiger charge is -2.48. The highest BCUT2D eigenvalue weighted by Crippen LogP contribution is 2.39. The van der Waals surface area contributed by atoms with Crippen LogP contribution in [-0.2, 0) is 37.0 Å². The van der Waals surface area contributed by atoms with E-state index in [1.165, 1.54) is 23.6 Å². The van der Waals surface area contributed by atoms with Gasteiger partial charge in [-0.25, -0.2) is 0 Å². The van der Waals surface area contributed by atoms with Crippen molar-refractivity contribution in [2.45, 2.75) is 56.9 Å². The molecule has 0 spiro atoms. The third-order valence-corrected chi connectivity index (χ3v) is 8.14. The van der Waals surface area contributed by atoms with Crippen molar-refractivity contribution < 1.29 is 33.3 Å². The number of ether oxygens (including phenoxy) is 4. The lowest BCUT2D eigenvalue weighted by Crippen LogP contribution is -2.65. The van der Waals surface area contributed by atoms with Gasteiger partial charge in [-0.3, -0.25) is 19.3 Å². The van der Waals surface area contributed by atoms with Crippen molar-refractivity contribution >= 4 is 29.5 Å². The first-order valence-corrected chi connectivity index (χ1v) is 14.7. The SMILES string of the molecule is CCS[C@@H]1O[C@H](COC(C)=O)[C@@H](OCc2ccccc2)[C@H](OCc2ccccc2)[C@H]1N1C(=O)c2ccccc2C1=O. The van der Waals surface area contributed by atoms with Crippen LogP contribution in [0.1, 0.15) is 45.7 Å². The molecule has 2 heterocycles. The van der Waals surface area contributed by atoms with Crippen molar-refractivity contribution in [1.82, 2.24) is 4.90 Å². The molecule has 2 aliphatic heterocycles. The Kier molecular flexibility index (Phi) is 9.51. The summed E-state index contributed by atoms with van der Waals surface area (Å²) in [6, 6.07) is 25.3. The van der Waals surface area contributed by atoms with Gasteiger partial charge in [0.2, 0.25) is 0 Å². The van der Waals surface area contributed by atoms with E-state index < -0.39 is 47.6 Å². The molecule has 3 aromatic carbocycles. The van der Waals surface area contributed by atoms with Crippen LogP contribution in [0.2, 0.25) is 0 Å². The molecule has 5 atom stereocenters. The van der Waals surface area contributed by atoms with Crippen LogP contribution < -0.4 is 0 Å². The van der Waals surface area contributed by atoms with Gasteiger partial charge >= 0.3 is 5.97 Å². The van der Waals surface area contributed by atoms with Crippen LogP contribution in [0, 0.1) is 0 Å². The second-order valence-electron chi connectivity index (χ2n) is 9.84. The minimum Gasteiger partial charge on any atom is -0.463 e. The van der Waals surface area contributed by atoms with Crippen LogP contribution in [-0.4, -0.2) is 64.8 Å². The van der Waals surface area contributed by atoms with Crippen LogP contribution in [0.3, 0.4) is 0 Å². The largest absolute Gasteiger partial charge is 0.463 e. The molecule has 8 nitrogen and oxygen atoms in total. The highest BCUT2D eigenvalue weighted by molar-refractivity contribution is 7.99. The molecule has 0 saturated carbocycles. The molecule has 0 aliphatic carbocycles. The Labute approximate surface area is 243 Å². The van der Waals surface area contributed by atoms with Gasteiger partial charge in [0, 0.05) is 6.92 Å². The average molecular weight is 576 g/mol. The summed E-state index contributed by atoms with van der Waals surface area (Å²) in [5.74, 6) is -0.575. The van der Waals surface area contributed by atoms with E-state index in [1.54, 1.807) is 24.3 Å². The summed E-state index contributed by atoms with van der Waals surface area (Å²) in [4.78, 5) is 40.5. The molecule has 0 bridgehead atoms. The summed E-state index contributed by atoms with van der Waals surface area (Å²) in [6.07, 6.45) is -2.24.